The van der Waals surface area contributed by atoms with Gasteiger partial charge in [0.25, 0.3) is 0 Å². The molecular formula is C18H18ClN3O2. The molecule has 4 rings (SSSR count). The normalized spacial score (nSPS) is 19.5. The molecule has 24 heavy (non-hydrogen) atoms. The first-order chi connectivity index (χ1) is 11.7. The summed E-state index contributed by atoms with van der Waals surface area (Å²) in [5, 5.41) is 3.95. The Morgan fingerprint density at radius 1 is 1.21 bits per heavy atom. The maximum absolute atomic E-state index is 12.7. The summed E-state index contributed by atoms with van der Waals surface area (Å²) in [5.41, 5.74) is 2.45. The van der Waals surface area contributed by atoms with Crippen molar-refractivity contribution in [1.29, 1.82) is 0 Å². The van der Waals surface area contributed by atoms with Crippen LogP contribution in [-0.2, 0) is 4.74 Å². The Kier molecular flexibility index (Phi) is 4.14. The zero-order chi connectivity index (χ0) is 16.5. The molecule has 1 aromatic heterocycles. The topological polar surface area (TPSA) is 59.0 Å². The second kappa shape index (κ2) is 6.43. The zero-order valence-corrected chi connectivity index (χ0v) is 13.8. The molecule has 1 aliphatic heterocycles. The van der Waals surface area contributed by atoms with Gasteiger partial charge in [0.1, 0.15) is 0 Å². The molecule has 3 aromatic rings. The largest absolute Gasteiger partial charge is 0.373 e. The maximum atomic E-state index is 12.7. The van der Waals surface area contributed by atoms with Gasteiger partial charge in [-0.05, 0) is 23.8 Å². The van der Waals surface area contributed by atoms with Crippen LogP contribution in [0, 0.1) is 0 Å². The highest BCUT2D eigenvalue weighted by molar-refractivity contribution is 6.31. The molecule has 2 N–H and O–H groups in total. The van der Waals surface area contributed by atoms with Crippen molar-refractivity contribution in [2.24, 2.45) is 0 Å². The summed E-state index contributed by atoms with van der Waals surface area (Å²) in [6.07, 6.45) is -0.117. The first-order valence-electron chi connectivity index (χ1n) is 8.01. The van der Waals surface area contributed by atoms with Crippen molar-refractivity contribution in [1.82, 2.24) is 14.9 Å². The maximum Gasteiger partial charge on any atom is 0.327 e. The van der Waals surface area contributed by atoms with E-state index in [9.17, 15) is 4.79 Å². The summed E-state index contributed by atoms with van der Waals surface area (Å²) in [5.74, 6) is 0. The number of ether oxygens (including phenoxy) is 1. The summed E-state index contributed by atoms with van der Waals surface area (Å²) in [6, 6.07) is 15.2. The van der Waals surface area contributed by atoms with E-state index >= 15 is 0 Å². The number of nitrogens with zero attached hydrogens (tertiary/aromatic N) is 1. The Hall–Kier alpha value is -2.08. The zero-order valence-electron chi connectivity index (χ0n) is 13.0. The molecule has 2 aromatic carbocycles. The van der Waals surface area contributed by atoms with Crippen molar-refractivity contribution in [3.8, 4) is 0 Å². The van der Waals surface area contributed by atoms with Gasteiger partial charge in [0, 0.05) is 18.1 Å². The van der Waals surface area contributed by atoms with Crippen LogP contribution in [0.1, 0.15) is 11.6 Å². The van der Waals surface area contributed by atoms with Crippen LogP contribution in [0.25, 0.3) is 11.0 Å². The van der Waals surface area contributed by atoms with Crippen molar-refractivity contribution in [3.63, 3.8) is 0 Å². The van der Waals surface area contributed by atoms with Gasteiger partial charge in [-0.1, -0.05) is 41.9 Å². The molecule has 1 saturated heterocycles. The van der Waals surface area contributed by atoms with Gasteiger partial charge in [-0.15, -0.1) is 0 Å². The lowest BCUT2D eigenvalue weighted by atomic mass is 10.00. The number of morpholine rings is 1. The number of nitrogens with one attached hydrogen (secondary N) is 2. The fourth-order valence-electron chi connectivity index (χ4n) is 3.35. The van der Waals surface area contributed by atoms with Crippen molar-refractivity contribution < 1.29 is 4.74 Å². The Morgan fingerprint density at radius 2 is 2.04 bits per heavy atom. The Morgan fingerprint density at radius 3 is 2.79 bits per heavy atom. The van der Waals surface area contributed by atoms with Crippen molar-refractivity contribution in [2.75, 3.05) is 19.7 Å². The number of halogens is 1. The van der Waals surface area contributed by atoms with Gasteiger partial charge in [0.15, 0.2) is 0 Å². The van der Waals surface area contributed by atoms with Gasteiger partial charge < -0.3 is 15.0 Å². The molecule has 0 amide bonds. The van der Waals surface area contributed by atoms with Crippen molar-refractivity contribution in [2.45, 2.75) is 12.1 Å². The standard InChI is InChI=1S/C18H18ClN3O2/c19-13-6-7-15-14(10-13)21-18(23)22(15)17(12-4-2-1-3-5-12)16-11-20-8-9-24-16/h1-7,10,16-17,20H,8-9,11H2,(H,21,23). The van der Waals surface area contributed by atoms with Gasteiger partial charge in [0.05, 0.1) is 29.8 Å². The van der Waals surface area contributed by atoms with E-state index in [0.717, 1.165) is 23.1 Å². The van der Waals surface area contributed by atoms with Crippen LogP contribution in [-0.4, -0.2) is 35.4 Å². The number of imidazole rings is 1. The van der Waals surface area contributed by atoms with Crippen LogP contribution in [0.15, 0.2) is 53.3 Å². The van der Waals surface area contributed by atoms with E-state index in [4.69, 9.17) is 16.3 Å². The minimum Gasteiger partial charge on any atom is -0.373 e. The number of H-pyrrole nitrogens is 1. The van der Waals surface area contributed by atoms with Crippen LogP contribution in [0.2, 0.25) is 5.02 Å². The molecule has 2 atom stereocenters. The monoisotopic (exact) mass is 343 g/mol. The summed E-state index contributed by atoms with van der Waals surface area (Å²) in [4.78, 5) is 15.6. The molecule has 2 heterocycles. The van der Waals surface area contributed by atoms with Crippen LogP contribution < -0.4 is 11.0 Å². The van der Waals surface area contributed by atoms with E-state index in [1.54, 1.807) is 16.7 Å². The average molecular weight is 344 g/mol. The molecule has 1 fully saturated rings. The molecule has 0 saturated carbocycles. The molecular weight excluding hydrogens is 326 g/mol. The van der Waals surface area contributed by atoms with Crippen LogP contribution in [0.5, 0.6) is 0 Å². The third-order valence-electron chi connectivity index (χ3n) is 4.41. The molecule has 0 bridgehead atoms. The highest BCUT2D eigenvalue weighted by Crippen LogP contribution is 2.28. The van der Waals surface area contributed by atoms with E-state index in [1.807, 2.05) is 36.4 Å². The molecule has 0 aliphatic carbocycles. The van der Waals surface area contributed by atoms with Gasteiger partial charge in [-0.25, -0.2) is 4.79 Å². The summed E-state index contributed by atoms with van der Waals surface area (Å²) in [7, 11) is 0. The highest BCUT2D eigenvalue weighted by Gasteiger charge is 2.30. The quantitative estimate of drug-likeness (QED) is 0.768. The number of hydrogen-bond donors (Lipinski definition) is 2. The molecule has 124 valence electrons. The summed E-state index contributed by atoms with van der Waals surface area (Å²) < 4.78 is 7.76. The smallest absolute Gasteiger partial charge is 0.327 e. The molecule has 0 radical (unpaired) electrons. The number of benzene rings is 2. The fourth-order valence-corrected chi connectivity index (χ4v) is 3.52. The number of hydrogen-bond acceptors (Lipinski definition) is 3. The lowest BCUT2D eigenvalue weighted by molar-refractivity contribution is 0.00497. The Bertz CT molecular complexity index is 898. The van der Waals surface area contributed by atoms with Gasteiger partial charge >= 0.3 is 5.69 Å². The van der Waals surface area contributed by atoms with Crippen molar-refractivity contribution in [3.05, 3.63) is 69.6 Å². The number of aromatic nitrogens is 2. The minimum absolute atomic E-state index is 0.117. The Balaban J connectivity index is 1.90. The van der Waals surface area contributed by atoms with Crippen LogP contribution >= 0.6 is 11.6 Å². The van der Waals surface area contributed by atoms with Crippen LogP contribution in [0.3, 0.4) is 0 Å². The SMILES string of the molecule is O=c1[nH]c2cc(Cl)ccc2n1C(c1ccccc1)C1CNCCO1. The first kappa shape index (κ1) is 15.4. The summed E-state index contributed by atoms with van der Waals surface area (Å²) in [6.45, 7) is 2.17. The number of aromatic amines is 1. The molecule has 2 unspecified atom stereocenters. The third kappa shape index (κ3) is 2.75. The van der Waals surface area contributed by atoms with E-state index in [1.165, 1.54) is 0 Å². The number of rotatable bonds is 3. The van der Waals surface area contributed by atoms with Crippen molar-refractivity contribution >= 4 is 22.6 Å². The lowest BCUT2D eigenvalue weighted by Gasteiger charge is -2.32. The molecule has 1 aliphatic rings. The second-order valence-electron chi connectivity index (χ2n) is 5.93. The lowest BCUT2D eigenvalue weighted by Crippen LogP contribution is -2.45. The average Bonchev–Trinajstić information content (AvgIpc) is 2.92. The van der Waals surface area contributed by atoms with E-state index in [0.29, 0.717) is 18.2 Å². The minimum atomic E-state index is -0.207. The van der Waals surface area contributed by atoms with Gasteiger partial charge in [-0.3, -0.25) is 4.57 Å². The predicted octanol–water partition coefficient (Wildman–Crippen LogP) is 2.56. The third-order valence-corrected chi connectivity index (χ3v) is 4.64. The van der Waals surface area contributed by atoms with E-state index in [-0.39, 0.29) is 17.8 Å². The highest BCUT2D eigenvalue weighted by atomic mass is 35.5. The summed E-state index contributed by atoms with van der Waals surface area (Å²) >= 11 is 6.06. The molecule has 0 spiro atoms. The van der Waals surface area contributed by atoms with E-state index in [2.05, 4.69) is 10.3 Å². The predicted molar refractivity (Wildman–Crippen MR) is 94.8 cm³/mol. The second-order valence-corrected chi connectivity index (χ2v) is 6.37. The van der Waals surface area contributed by atoms with Gasteiger partial charge in [-0.2, -0.15) is 0 Å². The van der Waals surface area contributed by atoms with Gasteiger partial charge in [0.2, 0.25) is 0 Å². The molecule has 6 heteroatoms. The fraction of sp³-hybridized carbons (Fsp3) is 0.278. The first-order valence-corrected chi connectivity index (χ1v) is 8.39. The number of fused-ring (bicyclic) bond motifs is 1. The van der Waals surface area contributed by atoms with E-state index < -0.39 is 0 Å². The molecule has 5 nitrogen and oxygen atoms in total. The van der Waals surface area contributed by atoms with Crippen LogP contribution in [0.4, 0.5) is 0 Å². The Labute approximate surface area is 144 Å².